The second-order valence-corrected chi connectivity index (χ2v) is 4.60. The third kappa shape index (κ3) is 3.68. The Bertz CT molecular complexity index is 333. The van der Waals surface area contributed by atoms with E-state index in [-0.39, 0.29) is 5.75 Å². The van der Waals surface area contributed by atoms with Crippen LogP contribution in [0.3, 0.4) is 0 Å². The molecule has 0 saturated heterocycles. The van der Waals surface area contributed by atoms with E-state index in [0.29, 0.717) is 18.2 Å². The number of phenols is 1. The summed E-state index contributed by atoms with van der Waals surface area (Å²) >= 11 is 1.78. The highest BCUT2D eigenvalue weighted by Gasteiger charge is 2.09. The maximum absolute atomic E-state index is 13.1. The summed E-state index contributed by atoms with van der Waals surface area (Å²) in [5, 5.41) is 12.8. The average Bonchev–Trinajstić information content (AvgIpc) is 2.29. The molecule has 1 unspecified atom stereocenters. The van der Waals surface area contributed by atoms with Gasteiger partial charge >= 0.3 is 0 Å². The summed E-state index contributed by atoms with van der Waals surface area (Å²) in [5.74, 6) is 0.221. The number of hydrogen-bond acceptors (Lipinski definition) is 3. The van der Waals surface area contributed by atoms with E-state index in [1.54, 1.807) is 23.9 Å². The van der Waals surface area contributed by atoms with Crippen LogP contribution in [-0.4, -0.2) is 23.2 Å². The normalized spacial score (nSPS) is 12.7. The first-order chi connectivity index (χ1) is 7.69. The highest BCUT2D eigenvalue weighted by Crippen LogP contribution is 2.20. The van der Waals surface area contributed by atoms with E-state index >= 15 is 0 Å². The van der Waals surface area contributed by atoms with Crippen molar-refractivity contribution >= 4 is 11.8 Å². The summed E-state index contributed by atoms with van der Waals surface area (Å²) in [4.78, 5) is 0. The van der Waals surface area contributed by atoms with Crippen LogP contribution in [0, 0.1) is 5.82 Å². The van der Waals surface area contributed by atoms with Crippen LogP contribution in [-0.2, 0) is 6.54 Å². The summed E-state index contributed by atoms with van der Waals surface area (Å²) < 4.78 is 13.1. The number of halogens is 1. The molecule has 2 nitrogen and oxygen atoms in total. The molecule has 0 spiro atoms. The Kier molecular flexibility index (Phi) is 5.63. The van der Waals surface area contributed by atoms with Crippen molar-refractivity contribution in [3.05, 3.63) is 29.6 Å². The fourth-order valence-electron chi connectivity index (χ4n) is 1.48. The quantitative estimate of drug-likeness (QED) is 0.806. The number of nitrogens with one attached hydrogen (secondary N) is 1. The first-order valence-corrected chi connectivity index (χ1v) is 6.77. The van der Waals surface area contributed by atoms with Crippen LogP contribution in [0.25, 0.3) is 0 Å². The SMILES string of the molecule is CCC(CSC)NCc1cccc(F)c1O. The van der Waals surface area contributed by atoms with Crippen molar-refractivity contribution in [2.24, 2.45) is 0 Å². The van der Waals surface area contributed by atoms with E-state index in [1.807, 2.05) is 0 Å². The highest BCUT2D eigenvalue weighted by atomic mass is 32.2. The van der Waals surface area contributed by atoms with Crippen LogP contribution in [0.2, 0.25) is 0 Å². The highest BCUT2D eigenvalue weighted by molar-refractivity contribution is 7.98. The van der Waals surface area contributed by atoms with Gasteiger partial charge in [-0.2, -0.15) is 11.8 Å². The molecule has 16 heavy (non-hydrogen) atoms. The number of phenolic OH excluding ortho intramolecular Hbond substituents is 1. The molecule has 1 rings (SSSR count). The van der Waals surface area contributed by atoms with Crippen LogP contribution < -0.4 is 5.32 Å². The second-order valence-electron chi connectivity index (χ2n) is 3.69. The number of benzene rings is 1. The molecule has 0 heterocycles. The Morgan fingerprint density at radius 3 is 2.88 bits per heavy atom. The zero-order chi connectivity index (χ0) is 12.0. The zero-order valence-electron chi connectivity index (χ0n) is 9.66. The van der Waals surface area contributed by atoms with Gasteiger partial charge < -0.3 is 10.4 Å². The summed E-state index contributed by atoms with van der Waals surface area (Å²) in [6.07, 6.45) is 3.08. The number of hydrogen-bond donors (Lipinski definition) is 2. The van der Waals surface area contributed by atoms with E-state index in [0.717, 1.165) is 12.2 Å². The van der Waals surface area contributed by atoms with Crippen molar-refractivity contribution < 1.29 is 9.50 Å². The first-order valence-electron chi connectivity index (χ1n) is 5.37. The summed E-state index contributed by atoms with van der Waals surface area (Å²) in [5.41, 5.74) is 0.611. The maximum Gasteiger partial charge on any atom is 0.165 e. The maximum atomic E-state index is 13.1. The van der Waals surface area contributed by atoms with E-state index in [4.69, 9.17) is 0 Å². The number of thioether (sulfide) groups is 1. The van der Waals surface area contributed by atoms with Gasteiger partial charge in [0, 0.05) is 23.9 Å². The van der Waals surface area contributed by atoms with Crippen molar-refractivity contribution in [1.82, 2.24) is 5.32 Å². The molecule has 0 saturated carbocycles. The topological polar surface area (TPSA) is 32.3 Å². The lowest BCUT2D eigenvalue weighted by Gasteiger charge is -2.16. The Balaban J connectivity index is 2.56. The van der Waals surface area contributed by atoms with Gasteiger partial charge in [0.15, 0.2) is 11.6 Å². The molecule has 0 amide bonds. The smallest absolute Gasteiger partial charge is 0.165 e. The minimum Gasteiger partial charge on any atom is -0.505 e. The van der Waals surface area contributed by atoms with Gasteiger partial charge in [-0.05, 0) is 18.7 Å². The van der Waals surface area contributed by atoms with Gasteiger partial charge in [0.2, 0.25) is 0 Å². The lowest BCUT2D eigenvalue weighted by Crippen LogP contribution is -2.30. The first kappa shape index (κ1) is 13.3. The third-order valence-electron chi connectivity index (χ3n) is 2.51. The summed E-state index contributed by atoms with van der Waals surface area (Å²) in [6.45, 7) is 2.61. The Morgan fingerprint density at radius 1 is 1.50 bits per heavy atom. The van der Waals surface area contributed by atoms with Crippen molar-refractivity contribution in [3.63, 3.8) is 0 Å². The fraction of sp³-hybridized carbons (Fsp3) is 0.500. The van der Waals surface area contributed by atoms with Crippen molar-refractivity contribution in [1.29, 1.82) is 0 Å². The Morgan fingerprint density at radius 2 is 2.25 bits per heavy atom. The average molecular weight is 243 g/mol. The number of para-hydroxylation sites is 1. The molecule has 1 aromatic rings. The van der Waals surface area contributed by atoms with Gasteiger partial charge in [-0.3, -0.25) is 0 Å². The van der Waals surface area contributed by atoms with E-state index in [2.05, 4.69) is 18.5 Å². The predicted molar refractivity (Wildman–Crippen MR) is 67.4 cm³/mol. The molecule has 2 N–H and O–H groups in total. The summed E-state index contributed by atoms with van der Waals surface area (Å²) in [6, 6.07) is 5.01. The molecule has 4 heteroatoms. The van der Waals surface area contributed by atoms with Crippen molar-refractivity contribution in [2.75, 3.05) is 12.0 Å². The zero-order valence-corrected chi connectivity index (χ0v) is 10.5. The van der Waals surface area contributed by atoms with Crippen LogP contribution in [0.1, 0.15) is 18.9 Å². The molecule has 0 aromatic heterocycles. The fourth-order valence-corrected chi connectivity index (χ4v) is 2.24. The van der Waals surface area contributed by atoms with Gasteiger partial charge in [-0.1, -0.05) is 19.1 Å². The lowest BCUT2D eigenvalue weighted by molar-refractivity contribution is 0.420. The standard InChI is InChI=1S/C12H18FNOS/c1-3-10(8-16-2)14-7-9-5-4-6-11(13)12(9)15/h4-6,10,14-15H,3,7-8H2,1-2H3. The summed E-state index contributed by atoms with van der Waals surface area (Å²) in [7, 11) is 0. The van der Waals surface area contributed by atoms with Crippen LogP contribution in [0.15, 0.2) is 18.2 Å². The van der Waals surface area contributed by atoms with E-state index in [9.17, 15) is 9.50 Å². The number of rotatable bonds is 6. The monoisotopic (exact) mass is 243 g/mol. The second kappa shape index (κ2) is 6.76. The van der Waals surface area contributed by atoms with Gasteiger partial charge in [-0.25, -0.2) is 4.39 Å². The van der Waals surface area contributed by atoms with Crippen LogP contribution >= 0.6 is 11.8 Å². The Labute approximate surface area is 100 Å². The largest absolute Gasteiger partial charge is 0.505 e. The Hall–Kier alpha value is -0.740. The van der Waals surface area contributed by atoms with Crippen molar-refractivity contribution in [2.45, 2.75) is 25.9 Å². The van der Waals surface area contributed by atoms with Gasteiger partial charge in [0.25, 0.3) is 0 Å². The molecular formula is C12H18FNOS. The minimum absolute atomic E-state index is 0.242. The molecule has 0 aliphatic heterocycles. The molecule has 90 valence electrons. The van der Waals surface area contributed by atoms with Gasteiger partial charge in [-0.15, -0.1) is 0 Å². The molecule has 1 aromatic carbocycles. The molecule has 0 fully saturated rings. The molecular weight excluding hydrogens is 225 g/mol. The third-order valence-corrected chi connectivity index (χ3v) is 3.25. The van der Waals surface area contributed by atoms with Crippen LogP contribution in [0.5, 0.6) is 5.75 Å². The van der Waals surface area contributed by atoms with Gasteiger partial charge in [0.05, 0.1) is 0 Å². The molecule has 0 radical (unpaired) electrons. The van der Waals surface area contributed by atoms with E-state index < -0.39 is 5.82 Å². The van der Waals surface area contributed by atoms with E-state index in [1.165, 1.54) is 6.07 Å². The van der Waals surface area contributed by atoms with Crippen molar-refractivity contribution in [3.8, 4) is 5.75 Å². The molecule has 0 aliphatic carbocycles. The molecule has 1 atom stereocenters. The minimum atomic E-state index is -0.558. The number of aromatic hydroxyl groups is 1. The molecule has 0 bridgehead atoms. The lowest BCUT2D eigenvalue weighted by atomic mass is 10.1. The van der Waals surface area contributed by atoms with Crippen LogP contribution in [0.4, 0.5) is 4.39 Å². The van der Waals surface area contributed by atoms with Gasteiger partial charge in [0.1, 0.15) is 0 Å². The predicted octanol–water partition coefficient (Wildman–Crippen LogP) is 2.76. The molecule has 0 aliphatic rings.